The van der Waals surface area contributed by atoms with E-state index in [4.69, 9.17) is 0 Å². The van der Waals surface area contributed by atoms with Crippen LogP contribution in [0.1, 0.15) is 51.5 Å². The SMILES string of the molecule is CNC(Cc1ccccc1F)C1(CC(C)C)CCCC1. The summed E-state index contributed by atoms with van der Waals surface area (Å²) in [5, 5.41) is 3.50. The Kier molecular flexibility index (Phi) is 5.20. The fourth-order valence-electron chi connectivity index (χ4n) is 4.10. The molecular formula is C18H28FN. The molecule has 1 aromatic carbocycles. The van der Waals surface area contributed by atoms with Crippen molar-refractivity contribution in [3.05, 3.63) is 35.6 Å². The molecule has 1 nitrogen and oxygen atoms in total. The maximum absolute atomic E-state index is 13.9. The van der Waals surface area contributed by atoms with Gasteiger partial charge in [0, 0.05) is 6.04 Å². The third-order valence-electron chi connectivity index (χ3n) is 4.88. The van der Waals surface area contributed by atoms with Gasteiger partial charge in [-0.1, -0.05) is 44.9 Å². The summed E-state index contributed by atoms with van der Waals surface area (Å²) in [7, 11) is 2.03. The van der Waals surface area contributed by atoms with Crippen molar-refractivity contribution in [3.63, 3.8) is 0 Å². The summed E-state index contributed by atoms with van der Waals surface area (Å²) >= 11 is 0. The van der Waals surface area contributed by atoms with E-state index in [1.165, 1.54) is 32.1 Å². The van der Waals surface area contributed by atoms with E-state index in [1.807, 2.05) is 19.2 Å². The minimum atomic E-state index is -0.0644. The molecule has 0 bridgehead atoms. The molecule has 0 saturated heterocycles. The van der Waals surface area contributed by atoms with Crippen molar-refractivity contribution in [2.24, 2.45) is 11.3 Å². The quantitative estimate of drug-likeness (QED) is 0.803. The second-order valence-electron chi connectivity index (χ2n) is 6.80. The lowest BCUT2D eigenvalue weighted by Crippen LogP contribution is -2.44. The van der Waals surface area contributed by atoms with Crippen LogP contribution in [0, 0.1) is 17.2 Å². The van der Waals surface area contributed by atoms with Gasteiger partial charge in [-0.2, -0.15) is 0 Å². The Hall–Kier alpha value is -0.890. The summed E-state index contributed by atoms with van der Waals surface area (Å²) < 4.78 is 13.9. The molecule has 1 fully saturated rings. The normalized spacial score (nSPS) is 19.4. The van der Waals surface area contributed by atoms with E-state index in [9.17, 15) is 4.39 Å². The Balaban J connectivity index is 2.19. The molecule has 112 valence electrons. The van der Waals surface area contributed by atoms with Crippen LogP contribution >= 0.6 is 0 Å². The Labute approximate surface area is 123 Å². The van der Waals surface area contributed by atoms with Crippen LogP contribution in [-0.2, 0) is 6.42 Å². The molecule has 0 amide bonds. The molecule has 0 radical (unpaired) electrons. The Morgan fingerprint density at radius 3 is 2.40 bits per heavy atom. The third kappa shape index (κ3) is 3.41. The van der Waals surface area contributed by atoms with E-state index in [0.29, 0.717) is 17.4 Å². The largest absolute Gasteiger partial charge is 0.316 e. The molecule has 1 N–H and O–H groups in total. The van der Waals surface area contributed by atoms with E-state index < -0.39 is 0 Å². The molecular weight excluding hydrogens is 249 g/mol. The molecule has 0 heterocycles. The molecule has 1 aromatic rings. The van der Waals surface area contributed by atoms with Crippen LogP contribution in [0.25, 0.3) is 0 Å². The molecule has 2 heteroatoms. The van der Waals surface area contributed by atoms with E-state index >= 15 is 0 Å². The first kappa shape index (κ1) is 15.5. The summed E-state index contributed by atoms with van der Waals surface area (Å²) in [6.07, 6.45) is 7.25. The summed E-state index contributed by atoms with van der Waals surface area (Å²) in [6.45, 7) is 4.60. The molecule has 1 unspecified atom stereocenters. The molecule has 1 atom stereocenters. The van der Waals surface area contributed by atoms with Crippen LogP contribution in [0.3, 0.4) is 0 Å². The van der Waals surface area contributed by atoms with Gasteiger partial charge >= 0.3 is 0 Å². The number of rotatable bonds is 6. The number of halogens is 1. The zero-order valence-electron chi connectivity index (χ0n) is 13.1. The molecule has 1 aliphatic carbocycles. The second-order valence-corrected chi connectivity index (χ2v) is 6.80. The number of likely N-dealkylation sites (N-methyl/N-ethyl adjacent to an activating group) is 1. The first-order valence-corrected chi connectivity index (χ1v) is 7.98. The maximum Gasteiger partial charge on any atom is 0.126 e. The first-order valence-electron chi connectivity index (χ1n) is 7.98. The van der Waals surface area contributed by atoms with E-state index in [-0.39, 0.29) is 5.82 Å². The summed E-state index contributed by atoms with van der Waals surface area (Å²) in [4.78, 5) is 0. The highest BCUT2D eigenvalue weighted by molar-refractivity contribution is 5.19. The zero-order chi connectivity index (χ0) is 14.6. The van der Waals surface area contributed by atoms with Crippen LogP contribution in [-0.4, -0.2) is 13.1 Å². The number of hydrogen-bond acceptors (Lipinski definition) is 1. The summed E-state index contributed by atoms with van der Waals surface area (Å²) in [6, 6.07) is 7.59. The number of nitrogens with one attached hydrogen (secondary N) is 1. The van der Waals surface area contributed by atoms with Gasteiger partial charge in [0.2, 0.25) is 0 Å². The van der Waals surface area contributed by atoms with Crippen LogP contribution in [0.15, 0.2) is 24.3 Å². The number of hydrogen-bond donors (Lipinski definition) is 1. The van der Waals surface area contributed by atoms with Crippen LogP contribution < -0.4 is 5.32 Å². The molecule has 2 rings (SSSR count). The van der Waals surface area contributed by atoms with Crippen molar-refractivity contribution in [2.75, 3.05) is 7.05 Å². The lowest BCUT2D eigenvalue weighted by molar-refractivity contribution is 0.159. The molecule has 20 heavy (non-hydrogen) atoms. The minimum Gasteiger partial charge on any atom is -0.316 e. The molecule has 1 saturated carbocycles. The van der Waals surface area contributed by atoms with Crippen LogP contribution in [0.5, 0.6) is 0 Å². The van der Waals surface area contributed by atoms with Gasteiger partial charge in [0.05, 0.1) is 0 Å². The van der Waals surface area contributed by atoms with Crippen molar-refractivity contribution >= 4 is 0 Å². The standard InChI is InChI=1S/C18H28FN/c1-14(2)13-18(10-6-7-11-18)17(20-3)12-15-8-4-5-9-16(15)19/h4-5,8-9,14,17,20H,6-7,10-13H2,1-3H3. The lowest BCUT2D eigenvalue weighted by atomic mass is 9.71. The van der Waals surface area contributed by atoms with Crippen molar-refractivity contribution in [3.8, 4) is 0 Å². The topological polar surface area (TPSA) is 12.0 Å². The van der Waals surface area contributed by atoms with Crippen molar-refractivity contribution in [1.29, 1.82) is 0 Å². The van der Waals surface area contributed by atoms with Gasteiger partial charge in [-0.25, -0.2) is 4.39 Å². The van der Waals surface area contributed by atoms with E-state index in [2.05, 4.69) is 19.2 Å². The van der Waals surface area contributed by atoms with Crippen LogP contribution in [0.4, 0.5) is 4.39 Å². The Morgan fingerprint density at radius 1 is 1.20 bits per heavy atom. The predicted molar refractivity (Wildman–Crippen MR) is 83.3 cm³/mol. The van der Waals surface area contributed by atoms with Gasteiger partial charge in [0.25, 0.3) is 0 Å². The molecule has 0 aromatic heterocycles. The average molecular weight is 277 g/mol. The Morgan fingerprint density at radius 2 is 1.85 bits per heavy atom. The highest BCUT2D eigenvalue weighted by Gasteiger charge is 2.40. The van der Waals surface area contributed by atoms with Gasteiger partial charge in [-0.05, 0) is 55.7 Å². The van der Waals surface area contributed by atoms with E-state index in [0.717, 1.165) is 12.0 Å². The average Bonchev–Trinajstić information content (AvgIpc) is 2.86. The van der Waals surface area contributed by atoms with Gasteiger partial charge in [0.15, 0.2) is 0 Å². The molecule has 0 aliphatic heterocycles. The van der Waals surface area contributed by atoms with Crippen LogP contribution in [0.2, 0.25) is 0 Å². The maximum atomic E-state index is 13.9. The second kappa shape index (κ2) is 6.71. The lowest BCUT2D eigenvalue weighted by Gasteiger charge is -2.39. The van der Waals surface area contributed by atoms with Gasteiger partial charge in [-0.3, -0.25) is 0 Å². The number of benzene rings is 1. The fraction of sp³-hybridized carbons (Fsp3) is 0.667. The van der Waals surface area contributed by atoms with Crippen molar-refractivity contribution < 1.29 is 4.39 Å². The highest BCUT2D eigenvalue weighted by atomic mass is 19.1. The third-order valence-corrected chi connectivity index (χ3v) is 4.88. The zero-order valence-corrected chi connectivity index (χ0v) is 13.1. The smallest absolute Gasteiger partial charge is 0.126 e. The highest BCUT2D eigenvalue weighted by Crippen LogP contribution is 2.46. The fourth-order valence-corrected chi connectivity index (χ4v) is 4.10. The first-order chi connectivity index (χ1) is 9.57. The molecule has 1 aliphatic rings. The van der Waals surface area contributed by atoms with Gasteiger partial charge in [0.1, 0.15) is 5.82 Å². The van der Waals surface area contributed by atoms with Gasteiger partial charge < -0.3 is 5.32 Å². The summed E-state index contributed by atoms with van der Waals surface area (Å²) in [5.41, 5.74) is 1.20. The summed E-state index contributed by atoms with van der Waals surface area (Å²) in [5.74, 6) is 0.634. The van der Waals surface area contributed by atoms with Gasteiger partial charge in [-0.15, -0.1) is 0 Å². The Bertz CT molecular complexity index is 421. The van der Waals surface area contributed by atoms with E-state index in [1.54, 1.807) is 12.1 Å². The monoisotopic (exact) mass is 277 g/mol. The van der Waals surface area contributed by atoms with Crippen molar-refractivity contribution in [2.45, 2.75) is 58.4 Å². The minimum absolute atomic E-state index is 0.0644. The predicted octanol–water partition coefficient (Wildman–Crippen LogP) is 4.56. The molecule has 0 spiro atoms. The van der Waals surface area contributed by atoms with Crippen molar-refractivity contribution in [1.82, 2.24) is 5.32 Å².